The number of rotatable bonds is 1. The Hall–Kier alpha value is -0.761. The average Bonchev–Trinajstić information content (AvgIpc) is 2.65. The summed E-state index contributed by atoms with van der Waals surface area (Å²) in [6, 6.07) is 4.34. The third kappa shape index (κ3) is 1.91. The van der Waals surface area contributed by atoms with Gasteiger partial charge in [0.05, 0.1) is 0 Å². The summed E-state index contributed by atoms with van der Waals surface area (Å²) < 4.78 is 8.86. The van der Waals surface area contributed by atoms with Gasteiger partial charge in [0.15, 0.2) is 0 Å². The summed E-state index contributed by atoms with van der Waals surface area (Å²) in [7, 11) is 4.02. The fourth-order valence-electron chi connectivity index (χ4n) is 2.75. The van der Waals surface area contributed by atoms with Crippen molar-refractivity contribution in [3.63, 3.8) is 0 Å². The topological polar surface area (TPSA) is 12.5 Å². The van der Waals surface area contributed by atoms with Crippen LogP contribution in [-0.4, -0.2) is 46.7 Å². The van der Waals surface area contributed by atoms with Gasteiger partial charge in [-0.15, -0.1) is 0 Å². The molecule has 0 saturated heterocycles. The van der Waals surface area contributed by atoms with Gasteiger partial charge in [0.2, 0.25) is 0 Å². The molecule has 2 heterocycles. The molecular weight excluding hydrogens is 289 g/mol. The summed E-state index contributed by atoms with van der Waals surface area (Å²) in [6.07, 6.45) is 2.42. The first-order valence-corrected chi connectivity index (χ1v) is 8.18. The Morgan fingerprint density at radius 2 is 2.00 bits per heavy atom. The van der Waals surface area contributed by atoms with Gasteiger partial charge in [0.25, 0.3) is 0 Å². The molecule has 0 unspecified atom stereocenters. The van der Waals surface area contributed by atoms with E-state index in [1.165, 1.54) is 36.9 Å². The Morgan fingerprint density at radius 3 is 2.78 bits per heavy atom. The van der Waals surface area contributed by atoms with E-state index in [1.54, 1.807) is 21.4 Å². The zero-order valence-corrected chi connectivity index (χ0v) is 13.0. The quantitative estimate of drug-likeness (QED) is 0.749. The molecule has 96 valence electrons. The number of methoxy groups -OCH3 is 1. The molecule has 0 saturated carbocycles. The second kappa shape index (κ2) is 4.73. The average molecular weight is 308 g/mol. The number of hydrogen-bond acceptors (Lipinski definition) is 2. The Balaban J connectivity index is 2.24. The third-order valence-electron chi connectivity index (χ3n) is 3.86. The van der Waals surface area contributed by atoms with E-state index in [9.17, 15) is 0 Å². The summed E-state index contributed by atoms with van der Waals surface area (Å²) in [5, 5.41) is 1.43. The SMILES string of the molecule is COc1ccc(C)c2[se]c3c(c12)CCN(C)CC3. The van der Waals surface area contributed by atoms with Crippen LogP contribution in [0.5, 0.6) is 5.75 Å². The van der Waals surface area contributed by atoms with Gasteiger partial charge in [0.1, 0.15) is 0 Å². The molecule has 0 radical (unpaired) electrons. The number of nitrogens with zero attached hydrogens (tertiary/aromatic N) is 1. The molecule has 3 heteroatoms. The van der Waals surface area contributed by atoms with Gasteiger partial charge in [0, 0.05) is 0 Å². The van der Waals surface area contributed by atoms with Crippen LogP contribution < -0.4 is 4.74 Å². The van der Waals surface area contributed by atoms with Gasteiger partial charge in [-0.25, -0.2) is 0 Å². The molecular formula is C15H19NOSe. The molecule has 1 aliphatic heterocycles. The van der Waals surface area contributed by atoms with E-state index < -0.39 is 0 Å². The van der Waals surface area contributed by atoms with E-state index >= 15 is 0 Å². The molecule has 0 bridgehead atoms. The van der Waals surface area contributed by atoms with Gasteiger partial charge in [-0.05, 0) is 0 Å². The molecule has 2 aromatic rings. The number of likely N-dealkylation sites (N-methyl/N-ethyl adjacent to an activating group) is 1. The van der Waals surface area contributed by atoms with Gasteiger partial charge >= 0.3 is 114 Å². The Bertz CT molecular complexity index is 588. The molecule has 18 heavy (non-hydrogen) atoms. The van der Waals surface area contributed by atoms with Crippen LogP contribution in [0.3, 0.4) is 0 Å². The second-order valence-corrected chi connectivity index (χ2v) is 7.41. The minimum absolute atomic E-state index is 0.522. The molecule has 0 aliphatic carbocycles. The predicted molar refractivity (Wildman–Crippen MR) is 77.1 cm³/mol. The van der Waals surface area contributed by atoms with E-state index in [0.29, 0.717) is 14.5 Å². The fourth-order valence-corrected chi connectivity index (χ4v) is 5.53. The number of hydrogen-bond donors (Lipinski definition) is 0. The normalized spacial score (nSPS) is 16.6. The molecule has 1 aliphatic rings. The van der Waals surface area contributed by atoms with E-state index in [1.807, 2.05) is 0 Å². The maximum atomic E-state index is 5.59. The van der Waals surface area contributed by atoms with E-state index in [2.05, 4.69) is 31.0 Å². The second-order valence-electron chi connectivity index (χ2n) is 5.10. The summed E-state index contributed by atoms with van der Waals surface area (Å²) in [6.45, 7) is 4.61. The third-order valence-corrected chi connectivity index (χ3v) is 6.86. The van der Waals surface area contributed by atoms with Crippen molar-refractivity contribution in [2.75, 3.05) is 27.2 Å². The van der Waals surface area contributed by atoms with Crippen LogP contribution >= 0.6 is 0 Å². The number of benzene rings is 1. The van der Waals surface area contributed by atoms with Crippen LogP contribution in [0.2, 0.25) is 0 Å². The first-order valence-electron chi connectivity index (χ1n) is 6.47. The number of fused-ring (bicyclic) bond motifs is 3. The van der Waals surface area contributed by atoms with Gasteiger partial charge < -0.3 is 0 Å². The number of ether oxygens (including phenoxy) is 1. The first-order chi connectivity index (χ1) is 8.70. The number of aryl methyl sites for hydroxylation is 1. The van der Waals surface area contributed by atoms with Crippen LogP contribution in [0.25, 0.3) is 9.65 Å². The van der Waals surface area contributed by atoms with Crippen molar-refractivity contribution < 1.29 is 4.74 Å². The van der Waals surface area contributed by atoms with Crippen molar-refractivity contribution in [3.8, 4) is 5.75 Å². The van der Waals surface area contributed by atoms with Crippen molar-refractivity contribution in [2.45, 2.75) is 19.8 Å². The van der Waals surface area contributed by atoms with Crippen LogP contribution in [0.4, 0.5) is 0 Å². The van der Waals surface area contributed by atoms with E-state index in [4.69, 9.17) is 4.74 Å². The fraction of sp³-hybridized carbons (Fsp3) is 0.467. The molecule has 0 N–H and O–H groups in total. The molecule has 0 amide bonds. The van der Waals surface area contributed by atoms with Crippen LogP contribution in [0, 0.1) is 6.92 Å². The van der Waals surface area contributed by atoms with Crippen molar-refractivity contribution in [3.05, 3.63) is 27.7 Å². The van der Waals surface area contributed by atoms with Crippen molar-refractivity contribution in [1.29, 1.82) is 0 Å². The summed E-state index contributed by atoms with van der Waals surface area (Å²) in [5.41, 5.74) is 3.03. The van der Waals surface area contributed by atoms with Gasteiger partial charge in [-0.1, -0.05) is 0 Å². The molecule has 3 rings (SSSR count). The summed E-state index contributed by atoms with van der Waals surface area (Å²) in [4.78, 5) is 2.44. The van der Waals surface area contributed by atoms with E-state index in [0.717, 1.165) is 5.75 Å². The predicted octanol–water partition coefficient (Wildman–Crippen LogP) is 2.24. The molecule has 0 atom stereocenters. The Morgan fingerprint density at radius 1 is 1.22 bits per heavy atom. The van der Waals surface area contributed by atoms with E-state index in [-0.39, 0.29) is 0 Å². The summed E-state index contributed by atoms with van der Waals surface area (Å²) in [5.74, 6) is 1.08. The van der Waals surface area contributed by atoms with Gasteiger partial charge in [-0.3, -0.25) is 0 Å². The Labute approximate surface area is 114 Å². The van der Waals surface area contributed by atoms with Crippen molar-refractivity contribution >= 4 is 24.1 Å². The van der Waals surface area contributed by atoms with Crippen LogP contribution in [-0.2, 0) is 12.8 Å². The first kappa shape index (κ1) is 12.3. The van der Waals surface area contributed by atoms with Crippen LogP contribution in [0.1, 0.15) is 15.6 Å². The molecule has 0 fully saturated rings. The standard InChI is InChI=1S/C15H19NOSe/c1-10-4-5-12(17-3)14-11-6-8-16(2)9-7-13(11)18-15(10)14/h4-5H,6-9H2,1-3H3. The molecule has 1 aromatic carbocycles. The monoisotopic (exact) mass is 309 g/mol. The maximum absolute atomic E-state index is 5.59. The molecule has 2 nitrogen and oxygen atoms in total. The van der Waals surface area contributed by atoms with Crippen LogP contribution in [0.15, 0.2) is 12.1 Å². The van der Waals surface area contributed by atoms with Crippen molar-refractivity contribution in [1.82, 2.24) is 4.90 Å². The zero-order valence-electron chi connectivity index (χ0n) is 11.2. The minimum atomic E-state index is 0.522. The Kier molecular flexibility index (Phi) is 3.23. The summed E-state index contributed by atoms with van der Waals surface area (Å²) >= 11 is 0.522. The molecule has 0 spiro atoms. The van der Waals surface area contributed by atoms with Gasteiger partial charge in [-0.2, -0.15) is 0 Å². The zero-order chi connectivity index (χ0) is 12.7. The van der Waals surface area contributed by atoms with Crippen molar-refractivity contribution in [2.24, 2.45) is 0 Å². The molecule has 1 aromatic heterocycles.